The van der Waals surface area contributed by atoms with Gasteiger partial charge in [0.2, 0.25) is 5.91 Å². The topological polar surface area (TPSA) is 112 Å². The Kier molecular flexibility index (Phi) is 5.88. The van der Waals surface area contributed by atoms with E-state index in [-0.39, 0.29) is 17.6 Å². The van der Waals surface area contributed by atoms with Gasteiger partial charge in [0.15, 0.2) is 5.65 Å². The lowest BCUT2D eigenvalue weighted by Gasteiger charge is -2.08. The SMILES string of the molecule is CC(C)CC(=O)Nc1cncc(-c2cnc3n[nH]c(-c4cc5c(-c6ccccc6F)cncc5[nH]4)c3c2)c1. The van der Waals surface area contributed by atoms with Crippen LogP contribution < -0.4 is 5.32 Å². The molecule has 0 aliphatic heterocycles. The number of aromatic nitrogens is 6. The fourth-order valence-corrected chi connectivity index (χ4v) is 4.59. The van der Waals surface area contributed by atoms with Crippen molar-refractivity contribution in [3.63, 3.8) is 0 Å². The lowest BCUT2D eigenvalue weighted by atomic mass is 10.0. The quantitative estimate of drug-likeness (QED) is 0.244. The van der Waals surface area contributed by atoms with Crippen molar-refractivity contribution in [2.45, 2.75) is 20.3 Å². The van der Waals surface area contributed by atoms with Gasteiger partial charge < -0.3 is 10.3 Å². The summed E-state index contributed by atoms with van der Waals surface area (Å²) in [6.07, 6.45) is 8.92. The number of amides is 1. The highest BCUT2D eigenvalue weighted by atomic mass is 19.1. The average Bonchev–Trinajstić information content (AvgIpc) is 3.52. The Balaban J connectivity index is 1.39. The number of hydrogen-bond donors (Lipinski definition) is 3. The maximum Gasteiger partial charge on any atom is 0.224 e. The van der Waals surface area contributed by atoms with Crippen molar-refractivity contribution in [2.24, 2.45) is 5.92 Å². The van der Waals surface area contributed by atoms with Gasteiger partial charge in [-0.05, 0) is 30.2 Å². The van der Waals surface area contributed by atoms with E-state index in [1.807, 2.05) is 32.0 Å². The first kappa shape index (κ1) is 23.5. The van der Waals surface area contributed by atoms with Crippen LogP contribution in [0.3, 0.4) is 0 Å². The van der Waals surface area contributed by atoms with Gasteiger partial charge in [-0.2, -0.15) is 5.10 Å². The second-order valence-electron chi connectivity index (χ2n) is 9.61. The fraction of sp³-hybridized carbons (Fsp3) is 0.138. The van der Waals surface area contributed by atoms with E-state index in [4.69, 9.17) is 0 Å². The van der Waals surface area contributed by atoms with E-state index in [0.29, 0.717) is 28.9 Å². The molecule has 5 aromatic heterocycles. The minimum Gasteiger partial charge on any atom is -0.352 e. The maximum atomic E-state index is 14.6. The number of H-pyrrole nitrogens is 2. The van der Waals surface area contributed by atoms with Crippen molar-refractivity contribution >= 4 is 33.5 Å². The minimum absolute atomic E-state index is 0.0484. The van der Waals surface area contributed by atoms with Crippen molar-refractivity contribution in [2.75, 3.05) is 5.32 Å². The van der Waals surface area contributed by atoms with Crippen molar-refractivity contribution in [1.29, 1.82) is 0 Å². The van der Waals surface area contributed by atoms with E-state index in [9.17, 15) is 9.18 Å². The van der Waals surface area contributed by atoms with Gasteiger partial charge in [-0.1, -0.05) is 32.0 Å². The van der Waals surface area contributed by atoms with E-state index in [2.05, 4.69) is 35.5 Å². The molecule has 0 saturated heterocycles. The standard InChI is InChI=1S/C29H24FN7O/c1-16(2)7-27(38)34-19-8-17(11-31-13-19)18-9-22-28(36-37-29(22)33-12-18)25-10-21-23(14-32-15-26(21)35-25)20-5-3-4-6-24(20)30/h3-6,8-16,35H,7H2,1-2H3,(H,34,38)(H,33,36,37). The van der Waals surface area contributed by atoms with Crippen LogP contribution in [0.4, 0.5) is 10.1 Å². The highest BCUT2D eigenvalue weighted by Crippen LogP contribution is 2.35. The van der Waals surface area contributed by atoms with E-state index < -0.39 is 0 Å². The molecule has 6 aromatic rings. The van der Waals surface area contributed by atoms with Gasteiger partial charge in [0, 0.05) is 58.0 Å². The van der Waals surface area contributed by atoms with Crippen LogP contribution in [0.25, 0.3) is 55.6 Å². The van der Waals surface area contributed by atoms with Crippen LogP contribution in [0.2, 0.25) is 0 Å². The molecule has 1 amide bonds. The smallest absolute Gasteiger partial charge is 0.224 e. The molecule has 0 radical (unpaired) electrons. The predicted molar refractivity (Wildman–Crippen MR) is 146 cm³/mol. The molecule has 9 heteroatoms. The van der Waals surface area contributed by atoms with Gasteiger partial charge in [-0.25, -0.2) is 9.37 Å². The molecule has 5 heterocycles. The summed E-state index contributed by atoms with van der Waals surface area (Å²) in [5.41, 5.74) is 6.33. The first-order valence-electron chi connectivity index (χ1n) is 12.3. The normalized spacial score (nSPS) is 11.5. The third kappa shape index (κ3) is 4.39. The van der Waals surface area contributed by atoms with E-state index in [1.54, 1.807) is 49.2 Å². The average molecular weight is 506 g/mol. The summed E-state index contributed by atoms with van der Waals surface area (Å²) in [4.78, 5) is 28.8. The van der Waals surface area contributed by atoms with Crippen molar-refractivity contribution < 1.29 is 9.18 Å². The van der Waals surface area contributed by atoms with E-state index in [0.717, 1.165) is 38.8 Å². The summed E-state index contributed by atoms with van der Waals surface area (Å²) >= 11 is 0. The van der Waals surface area contributed by atoms with Crippen LogP contribution in [0.15, 0.2) is 73.4 Å². The number of fused-ring (bicyclic) bond motifs is 2. The van der Waals surface area contributed by atoms with Crippen molar-refractivity contribution in [1.82, 2.24) is 30.1 Å². The third-order valence-electron chi connectivity index (χ3n) is 6.34. The van der Waals surface area contributed by atoms with Gasteiger partial charge in [0.05, 0.1) is 35.0 Å². The van der Waals surface area contributed by atoms with Crippen LogP contribution in [0, 0.1) is 11.7 Å². The van der Waals surface area contributed by atoms with E-state index >= 15 is 0 Å². The predicted octanol–water partition coefficient (Wildman–Crippen LogP) is 6.35. The molecule has 0 saturated carbocycles. The number of nitrogens with zero attached hydrogens (tertiary/aromatic N) is 4. The maximum absolute atomic E-state index is 14.6. The minimum atomic E-state index is -0.304. The van der Waals surface area contributed by atoms with Crippen molar-refractivity contribution in [3.05, 3.63) is 79.3 Å². The molecular weight excluding hydrogens is 481 g/mol. The van der Waals surface area contributed by atoms with Crippen LogP contribution in [0.1, 0.15) is 20.3 Å². The van der Waals surface area contributed by atoms with Gasteiger partial charge in [0.25, 0.3) is 0 Å². The molecule has 38 heavy (non-hydrogen) atoms. The number of halogens is 1. The van der Waals surface area contributed by atoms with Crippen LogP contribution >= 0.6 is 0 Å². The van der Waals surface area contributed by atoms with Gasteiger partial charge >= 0.3 is 0 Å². The largest absolute Gasteiger partial charge is 0.352 e. The second-order valence-corrected chi connectivity index (χ2v) is 9.61. The Morgan fingerprint density at radius 3 is 2.61 bits per heavy atom. The summed E-state index contributed by atoms with van der Waals surface area (Å²) in [7, 11) is 0. The molecule has 188 valence electrons. The Labute approximate surface area is 217 Å². The number of nitrogens with one attached hydrogen (secondary N) is 3. The van der Waals surface area contributed by atoms with Crippen LogP contribution in [-0.4, -0.2) is 36.0 Å². The lowest BCUT2D eigenvalue weighted by molar-refractivity contribution is -0.116. The molecule has 1 aromatic carbocycles. The zero-order valence-electron chi connectivity index (χ0n) is 20.8. The molecule has 8 nitrogen and oxygen atoms in total. The van der Waals surface area contributed by atoms with Crippen molar-refractivity contribution in [3.8, 4) is 33.6 Å². The number of rotatable bonds is 6. The Bertz CT molecular complexity index is 1800. The van der Waals surface area contributed by atoms with Crippen LogP contribution in [0.5, 0.6) is 0 Å². The third-order valence-corrected chi connectivity index (χ3v) is 6.34. The molecule has 0 aliphatic carbocycles. The van der Waals surface area contributed by atoms with E-state index in [1.165, 1.54) is 6.07 Å². The number of carbonyl (C=O) groups is 1. The highest BCUT2D eigenvalue weighted by molar-refractivity contribution is 6.00. The zero-order valence-corrected chi connectivity index (χ0v) is 20.8. The monoisotopic (exact) mass is 505 g/mol. The van der Waals surface area contributed by atoms with Crippen LogP contribution in [-0.2, 0) is 4.79 Å². The number of hydrogen-bond acceptors (Lipinski definition) is 5. The number of aromatic amines is 2. The number of benzene rings is 1. The van der Waals surface area contributed by atoms with Gasteiger partial charge in [-0.15, -0.1) is 0 Å². The van der Waals surface area contributed by atoms with Gasteiger partial charge in [-0.3, -0.25) is 19.9 Å². The Morgan fingerprint density at radius 2 is 1.76 bits per heavy atom. The zero-order chi connectivity index (χ0) is 26.2. The summed E-state index contributed by atoms with van der Waals surface area (Å²) in [6.45, 7) is 4.00. The molecule has 0 atom stereocenters. The summed E-state index contributed by atoms with van der Waals surface area (Å²) in [5.74, 6) is -0.0882. The molecular formula is C29H24FN7O. The number of pyridine rings is 3. The lowest BCUT2D eigenvalue weighted by Crippen LogP contribution is -2.13. The molecule has 0 fully saturated rings. The summed E-state index contributed by atoms with van der Waals surface area (Å²) in [6, 6.07) is 12.5. The fourth-order valence-electron chi connectivity index (χ4n) is 4.59. The summed E-state index contributed by atoms with van der Waals surface area (Å²) in [5, 5.41) is 12.0. The first-order valence-corrected chi connectivity index (χ1v) is 12.3. The molecule has 3 N–H and O–H groups in total. The first-order chi connectivity index (χ1) is 18.5. The highest BCUT2D eigenvalue weighted by Gasteiger charge is 2.16. The number of carbonyl (C=O) groups excluding carboxylic acids is 1. The Hall–Kier alpha value is -4.92. The molecule has 6 rings (SSSR count). The molecule has 0 aliphatic rings. The van der Waals surface area contributed by atoms with Gasteiger partial charge in [0.1, 0.15) is 5.82 Å². The Morgan fingerprint density at radius 1 is 0.947 bits per heavy atom. The molecule has 0 bridgehead atoms. The number of anilines is 1. The molecule has 0 spiro atoms. The summed E-state index contributed by atoms with van der Waals surface area (Å²) < 4.78 is 14.6. The molecule has 0 unspecified atom stereocenters. The second kappa shape index (κ2) is 9.51.